The van der Waals surface area contributed by atoms with E-state index in [9.17, 15) is 9.18 Å². The lowest BCUT2D eigenvalue weighted by atomic mass is 10.2. The van der Waals surface area contributed by atoms with Gasteiger partial charge in [-0.3, -0.25) is 9.69 Å². The second kappa shape index (κ2) is 7.36. The molecule has 1 atom stereocenters. The Morgan fingerprint density at radius 3 is 2.86 bits per heavy atom. The molecular weight excluding hydrogens is 271 g/mol. The zero-order valence-electron chi connectivity index (χ0n) is 12.7. The molecule has 1 aromatic heterocycles. The summed E-state index contributed by atoms with van der Waals surface area (Å²) in [5, 5.41) is 5.62. The number of hydrogen-bond donors (Lipinski definition) is 2. The monoisotopic (exact) mass is 294 g/mol. The number of anilines is 1. The van der Waals surface area contributed by atoms with Gasteiger partial charge in [0, 0.05) is 25.3 Å². The van der Waals surface area contributed by atoms with Crippen LogP contribution in [0.25, 0.3) is 0 Å². The number of hydrogen-bond acceptors (Lipinski definition) is 4. The van der Waals surface area contributed by atoms with E-state index < -0.39 is 5.82 Å². The van der Waals surface area contributed by atoms with Crippen molar-refractivity contribution < 1.29 is 9.18 Å². The SMILES string of the molecule is CCNc1nccc(C(=O)NCC(C)N2CCCC2)c1F. The molecule has 0 radical (unpaired) electrons. The zero-order valence-corrected chi connectivity index (χ0v) is 12.7. The molecule has 1 aliphatic heterocycles. The van der Waals surface area contributed by atoms with Crippen LogP contribution in [0.2, 0.25) is 0 Å². The minimum absolute atomic E-state index is 0.0366. The predicted octanol–water partition coefficient (Wildman–Crippen LogP) is 1.87. The Morgan fingerprint density at radius 2 is 2.19 bits per heavy atom. The third-order valence-corrected chi connectivity index (χ3v) is 3.80. The van der Waals surface area contributed by atoms with E-state index in [4.69, 9.17) is 0 Å². The van der Waals surface area contributed by atoms with E-state index in [1.165, 1.54) is 25.1 Å². The molecule has 6 heteroatoms. The summed E-state index contributed by atoms with van der Waals surface area (Å²) in [6.07, 6.45) is 3.87. The number of amides is 1. The van der Waals surface area contributed by atoms with Gasteiger partial charge in [0.15, 0.2) is 11.6 Å². The van der Waals surface area contributed by atoms with Crippen molar-refractivity contribution in [3.8, 4) is 0 Å². The topological polar surface area (TPSA) is 57.3 Å². The van der Waals surface area contributed by atoms with Gasteiger partial charge in [0.2, 0.25) is 0 Å². The van der Waals surface area contributed by atoms with E-state index in [1.807, 2.05) is 6.92 Å². The molecule has 1 aromatic rings. The first-order chi connectivity index (χ1) is 10.1. The van der Waals surface area contributed by atoms with Gasteiger partial charge in [-0.1, -0.05) is 0 Å². The Hall–Kier alpha value is -1.69. The van der Waals surface area contributed by atoms with Crippen LogP contribution in [0.3, 0.4) is 0 Å². The highest BCUT2D eigenvalue weighted by molar-refractivity contribution is 5.95. The lowest BCUT2D eigenvalue weighted by Crippen LogP contribution is -2.40. The lowest BCUT2D eigenvalue weighted by Gasteiger charge is -2.23. The third kappa shape index (κ3) is 3.91. The summed E-state index contributed by atoms with van der Waals surface area (Å²) in [6, 6.07) is 1.68. The molecule has 0 saturated carbocycles. The minimum atomic E-state index is -0.592. The zero-order chi connectivity index (χ0) is 15.2. The van der Waals surface area contributed by atoms with E-state index in [1.54, 1.807) is 0 Å². The molecule has 0 bridgehead atoms. The summed E-state index contributed by atoms with van der Waals surface area (Å²) in [4.78, 5) is 18.4. The van der Waals surface area contributed by atoms with Gasteiger partial charge >= 0.3 is 0 Å². The Labute approximate surface area is 124 Å². The molecule has 2 heterocycles. The molecule has 21 heavy (non-hydrogen) atoms. The fraction of sp³-hybridized carbons (Fsp3) is 0.600. The van der Waals surface area contributed by atoms with E-state index in [0.717, 1.165) is 13.1 Å². The highest BCUT2D eigenvalue weighted by Gasteiger charge is 2.20. The van der Waals surface area contributed by atoms with Gasteiger partial charge < -0.3 is 10.6 Å². The smallest absolute Gasteiger partial charge is 0.254 e. The van der Waals surface area contributed by atoms with Crippen molar-refractivity contribution in [1.29, 1.82) is 0 Å². The summed E-state index contributed by atoms with van der Waals surface area (Å²) in [7, 11) is 0. The average Bonchev–Trinajstić information content (AvgIpc) is 3.01. The van der Waals surface area contributed by atoms with Crippen molar-refractivity contribution in [2.45, 2.75) is 32.7 Å². The molecule has 1 amide bonds. The first-order valence-corrected chi connectivity index (χ1v) is 7.54. The van der Waals surface area contributed by atoms with Gasteiger partial charge in [-0.2, -0.15) is 0 Å². The standard InChI is InChI=1S/C15H23FN4O/c1-3-17-14-13(16)12(6-7-18-14)15(21)19-10-11(2)20-8-4-5-9-20/h6-7,11H,3-5,8-10H2,1-2H3,(H,17,18)(H,19,21). The Morgan fingerprint density at radius 1 is 1.48 bits per heavy atom. The molecule has 116 valence electrons. The fourth-order valence-electron chi connectivity index (χ4n) is 2.56. The van der Waals surface area contributed by atoms with E-state index in [0.29, 0.717) is 13.1 Å². The summed E-state index contributed by atoms with van der Waals surface area (Å²) in [5.74, 6) is -0.858. The molecular formula is C15H23FN4O. The number of nitrogens with one attached hydrogen (secondary N) is 2. The summed E-state index contributed by atoms with van der Waals surface area (Å²) in [6.45, 7) is 7.17. The third-order valence-electron chi connectivity index (χ3n) is 3.80. The minimum Gasteiger partial charge on any atom is -0.368 e. The highest BCUT2D eigenvalue weighted by Crippen LogP contribution is 2.15. The van der Waals surface area contributed by atoms with Crippen molar-refractivity contribution in [2.24, 2.45) is 0 Å². The van der Waals surface area contributed by atoms with E-state index in [-0.39, 0.29) is 23.3 Å². The van der Waals surface area contributed by atoms with Crippen molar-refractivity contribution >= 4 is 11.7 Å². The van der Waals surface area contributed by atoms with Crippen LogP contribution < -0.4 is 10.6 Å². The quantitative estimate of drug-likeness (QED) is 0.841. The summed E-state index contributed by atoms with van der Waals surface area (Å²) >= 11 is 0. The van der Waals surface area contributed by atoms with Crippen molar-refractivity contribution in [3.05, 3.63) is 23.6 Å². The van der Waals surface area contributed by atoms with Crippen LogP contribution in [-0.2, 0) is 0 Å². The van der Waals surface area contributed by atoms with Crippen molar-refractivity contribution in [1.82, 2.24) is 15.2 Å². The summed E-state index contributed by atoms with van der Waals surface area (Å²) < 4.78 is 14.1. The number of aromatic nitrogens is 1. The Balaban J connectivity index is 1.95. The second-order valence-corrected chi connectivity index (χ2v) is 5.35. The van der Waals surface area contributed by atoms with Gasteiger partial charge in [0.05, 0.1) is 5.56 Å². The molecule has 5 nitrogen and oxygen atoms in total. The van der Waals surface area contributed by atoms with Gasteiger partial charge in [-0.05, 0) is 45.8 Å². The molecule has 2 rings (SSSR count). The van der Waals surface area contributed by atoms with Crippen LogP contribution in [0, 0.1) is 5.82 Å². The average molecular weight is 294 g/mol. The Kier molecular flexibility index (Phi) is 5.50. The van der Waals surface area contributed by atoms with E-state index >= 15 is 0 Å². The second-order valence-electron chi connectivity index (χ2n) is 5.35. The number of pyridine rings is 1. The van der Waals surface area contributed by atoms with Crippen LogP contribution in [0.4, 0.5) is 10.2 Å². The predicted molar refractivity (Wildman–Crippen MR) is 81.0 cm³/mol. The maximum Gasteiger partial charge on any atom is 0.254 e. The fourth-order valence-corrected chi connectivity index (χ4v) is 2.56. The number of rotatable bonds is 6. The first kappa shape index (κ1) is 15.7. The molecule has 0 aromatic carbocycles. The van der Waals surface area contributed by atoms with Crippen LogP contribution >= 0.6 is 0 Å². The number of carbonyl (C=O) groups excluding carboxylic acids is 1. The van der Waals surface area contributed by atoms with Gasteiger partial charge in [0.25, 0.3) is 5.91 Å². The molecule has 1 unspecified atom stereocenters. The number of carbonyl (C=O) groups is 1. The van der Waals surface area contributed by atoms with Crippen molar-refractivity contribution in [3.63, 3.8) is 0 Å². The van der Waals surface area contributed by atoms with Crippen LogP contribution in [0.1, 0.15) is 37.0 Å². The van der Waals surface area contributed by atoms with Gasteiger partial charge in [-0.25, -0.2) is 9.37 Å². The molecule has 0 aliphatic carbocycles. The highest BCUT2D eigenvalue weighted by atomic mass is 19.1. The first-order valence-electron chi connectivity index (χ1n) is 7.54. The molecule has 0 spiro atoms. The van der Waals surface area contributed by atoms with Crippen LogP contribution in [0.15, 0.2) is 12.3 Å². The van der Waals surface area contributed by atoms with Gasteiger partial charge in [-0.15, -0.1) is 0 Å². The van der Waals surface area contributed by atoms with Crippen LogP contribution in [-0.4, -0.2) is 48.0 Å². The largest absolute Gasteiger partial charge is 0.368 e. The number of likely N-dealkylation sites (tertiary alicyclic amines) is 1. The van der Waals surface area contributed by atoms with Crippen molar-refractivity contribution in [2.75, 3.05) is 31.5 Å². The molecule has 1 aliphatic rings. The number of halogens is 1. The lowest BCUT2D eigenvalue weighted by molar-refractivity contribution is 0.0936. The molecule has 1 saturated heterocycles. The summed E-state index contributed by atoms with van der Waals surface area (Å²) in [5.41, 5.74) is 0.0366. The van der Waals surface area contributed by atoms with Crippen LogP contribution in [0.5, 0.6) is 0 Å². The van der Waals surface area contributed by atoms with Gasteiger partial charge in [0.1, 0.15) is 0 Å². The maximum atomic E-state index is 14.1. The molecule has 2 N–H and O–H groups in total. The molecule has 1 fully saturated rings. The maximum absolute atomic E-state index is 14.1. The van der Waals surface area contributed by atoms with E-state index in [2.05, 4.69) is 27.4 Å². The number of nitrogens with zero attached hydrogens (tertiary/aromatic N) is 2. The normalized spacial score (nSPS) is 16.7. The Bertz CT molecular complexity index is 489.